The van der Waals surface area contributed by atoms with Crippen molar-refractivity contribution in [1.82, 2.24) is 10.6 Å². The van der Waals surface area contributed by atoms with Crippen molar-refractivity contribution in [2.45, 2.75) is 31.9 Å². The molecule has 7 heteroatoms. The third-order valence-electron chi connectivity index (χ3n) is 3.76. The highest BCUT2D eigenvalue weighted by Crippen LogP contribution is 2.12. The molecule has 1 aromatic carbocycles. The molecule has 24 heavy (non-hydrogen) atoms. The summed E-state index contributed by atoms with van der Waals surface area (Å²) in [4.78, 5) is 4.05. The van der Waals surface area contributed by atoms with Gasteiger partial charge in [0.2, 0.25) is 0 Å². The van der Waals surface area contributed by atoms with E-state index in [9.17, 15) is 8.78 Å². The minimum atomic E-state index is -0.459. The van der Waals surface area contributed by atoms with Gasteiger partial charge in [0.25, 0.3) is 0 Å². The van der Waals surface area contributed by atoms with E-state index in [1.54, 1.807) is 7.05 Å². The molecule has 134 valence electrons. The highest BCUT2D eigenvalue weighted by molar-refractivity contribution is 5.79. The topological polar surface area (TPSA) is 54.9 Å². The van der Waals surface area contributed by atoms with Crippen molar-refractivity contribution in [3.8, 4) is 0 Å². The monoisotopic (exact) mass is 341 g/mol. The van der Waals surface area contributed by atoms with Crippen molar-refractivity contribution >= 4 is 5.96 Å². The number of aliphatic imine (C=N–C) groups is 1. The predicted octanol–water partition coefficient (Wildman–Crippen LogP) is 2.22. The molecule has 1 aromatic rings. The van der Waals surface area contributed by atoms with Gasteiger partial charge in [-0.15, -0.1) is 0 Å². The quantitative estimate of drug-likeness (QED) is 0.432. The van der Waals surface area contributed by atoms with Crippen molar-refractivity contribution in [2.24, 2.45) is 4.99 Å². The van der Waals surface area contributed by atoms with E-state index < -0.39 is 11.6 Å². The number of hydrogen-bond donors (Lipinski definition) is 2. The average molecular weight is 341 g/mol. The number of guanidine groups is 1. The van der Waals surface area contributed by atoms with E-state index in [4.69, 9.17) is 9.47 Å². The van der Waals surface area contributed by atoms with Crippen LogP contribution in [0.15, 0.2) is 23.2 Å². The molecule has 0 aliphatic carbocycles. The first kappa shape index (κ1) is 18.6. The summed E-state index contributed by atoms with van der Waals surface area (Å²) in [5.74, 6) is -0.362. The van der Waals surface area contributed by atoms with Gasteiger partial charge >= 0.3 is 0 Å². The smallest absolute Gasteiger partial charge is 0.191 e. The summed E-state index contributed by atoms with van der Waals surface area (Å²) >= 11 is 0. The van der Waals surface area contributed by atoms with Crippen molar-refractivity contribution in [1.29, 1.82) is 0 Å². The number of ether oxygens (including phenoxy) is 2. The van der Waals surface area contributed by atoms with Crippen LogP contribution >= 0.6 is 0 Å². The molecule has 1 atom stereocenters. The Kier molecular flexibility index (Phi) is 7.91. The normalized spacial score (nSPS) is 18.0. The molecule has 1 heterocycles. The fourth-order valence-electron chi connectivity index (χ4n) is 2.45. The Balaban J connectivity index is 1.59. The molecule has 0 aromatic heterocycles. The van der Waals surface area contributed by atoms with Gasteiger partial charge in [-0.2, -0.15) is 0 Å². The van der Waals surface area contributed by atoms with Gasteiger partial charge in [-0.3, -0.25) is 4.99 Å². The number of benzene rings is 1. The molecule has 2 rings (SSSR count). The number of nitrogens with one attached hydrogen (secondary N) is 2. The van der Waals surface area contributed by atoms with E-state index in [0.717, 1.165) is 38.0 Å². The highest BCUT2D eigenvalue weighted by atomic mass is 19.1. The van der Waals surface area contributed by atoms with Gasteiger partial charge in [0, 0.05) is 38.9 Å². The molecule has 1 unspecified atom stereocenters. The first-order valence-corrected chi connectivity index (χ1v) is 8.27. The van der Waals surface area contributed by atoms with Gasteiger partial charge in [-0.25, -0.2) is 8.78 Å². The Bertz CT molecular complexity index is 535. The zero-order valence-electron chi connectivity index (χ0n) is 14.0. The van der Waals surface area contributed by atoms with E-state index in [1.807, 2.05) is 0 Å². The van der Waals surface area contributed by atoms with Crippen molar-refractivity contribution in [2.75, 3.05) is 33.4 Å². The lowest BCUT2D eigenvalue weighted by molar-refractivity contribution is 0.0168. The third-order valence-corrected chi connectivity index (χ3v) is 3.76. The van der Waals surface area contributed by atoms with Gasteiger partial charge in [-0.1, -0.05) is 0 Å². The molecule has 1 aliphatic rings. The Morgan fingerprint density at radius 1 is 1.38 bits per heavy atom. The second-order valence-electron chi connectivity index (χ2n) is 5.65. The van der Waals surface area contributed by atoms with Crippen molar-refractivity contribution in [3.05, 3.63) is 35.4 Å². The molecule has 1 aliphatic heterocycles. The van der Waals surface area contributed by atoms with Crippen LogP contribution in [0.3, 0.4) is 0 Å². The summed E-state index contributed by atoms with van der Waals surface area (Å²) in [6, 6.07) is 3.39. The number of hydrogen-bond acceptors (Lipinski definition) is 3. The van der Waals surface area contributed by atoms with Crippen LogP contribution in [0, 0.1) is 11.6 Å². The van der Waals surface area contributed by atoms with E-state index in [0.29, 0.717) is 25.7 Å². The largest absolute Gasteiger partial charge is 0.379 e. The molecule has 0 spiro atoms. The summed E-state index contributed by atoms with van der Waals surface area (Å²) in [6.07, 6.45) is 3.25. The Morgan fingerprint density at radius 3 is 3.00 bits per heavy atom. The highest BCUT2D eigenvalue weighted by Gasteiger charge is 2.14. The molecular weight excluding hydrogens is 316 g/mol. The lowest BCUT2D eigenvalue weighted by Gasteiger charge is -2.13. The maximum absolute atomic E-state index is 13.5. The molecule has 0 bridgehead atoms. The van der Waals surface area contributed by atoms with Gasteiger partial charge in [0.15, 0.2) is 5.96 Å². The SMILES string of the molecule is CN=C(NCCCOCC1CCCO1)NCc1cc(F)ccc1F. The van der Waals surface area contributed by atoms with Crippen LogP contribution in [0.1, 0.15) is 24.8 Å². The third kappa shape index (κ3) is 6.41. The zero-order valence-corrected chi connectivity index (χ0v) is 14.0. The number of rotatable bonds is 8. The Morgan fingerprint density at radius 2 is 2.25 bits per heavy atom. The van der Waals surface area contributed by atoms with E-state index >= 15 is 0 Å². The second kappa shape index (κ2) is 10.2. The van der Waals surface area contributed by atoms with Crippen molar-refractivity contribution in [3.63, 3.8) is 0 Å². The van der Waals surface area contributed by atoms with Crippen LogP contribution in [-0.2, 0) is 16.0 Å². The molecule has 0 amide bonds. The average Bonchev–Trinajstić information content (AvgIpc) is 3.09. The van der Waals surface area contributed by atoms with E-state index in [-0.39, 0.29) is 18.2 Å². The molecular formula is C17H25F2N3O2. The Hall–Kier alpha value is -1.73. The van der Waals surface area contributed by atoms with Crippen LogP contribution in [-0.4, -0.2) is 45.5 Å². The number of nitrogens with zero attached hydrogens (tertiary/aromatic N) is 1. The van der Waals surface area contributed by atoms with Gasteiger partial charge in [0.1, 0.15) is 11.6 Å². The van der Waals surface area contributed by atoms with Crippen LogP contribution < -0.4 is 10.6 Å². The summed E-state index contributed by atoms with van der Waals surface area (Å²) in [5.41, 5.74) is 0.262. The molecule has 2 N–H and O–H groups in total. The standard InChI is InChI=1S/C17H25F2N3O2/c1-20-17(22-11-13-10-14(18)5-6-16(13)19)21-7-3-8-23-12-15-4-2-9-24-15/h5-6,10,15H,2-4,7-9,11-12H2,1H3,(H2,20,21,22). The fraction of sp³-hybridized carbons (Fsp3) is 0.588. The lowest BCUT2D eigenvalue weighted by atomic mass is 10.2. The molecule has 1 fully saturated rings. The Labute approximate surface area is 141 Å². The van der Waals surface area contributed by atoms with Crippen LogP contribution in [0.25, 0.3) is 0 Å². The molecule has 5 nitrogen and oxygen atoms in total. The lowest BCUT2D eigenvalue weighted by Crippen LogP contribution is -2.37. The molecule has 0 radical (unpaired) electrons. The summed E-state index contributed by atoms with van der Waals surface area (Å²) in [7, 11) is 1.63. The minimum absolute atomic E-state index is 0.165. The molecule has 0 saturated carbocycles. The maximum Gasteiger partial charge on any atom is 0.191 e. The van der Waals surface area contributed by atoms with Crippen molar-refractivity contribution < 1.29 is 18.3 Å². The van der Waals surface area contributed by atoms with E-state index in [2.05, 4.69) is 15.6 Å². The van der Waals surface area contributed by atoms with Crippen LogP contribution in [0.2, 0.25) is 0 Å². The first-order chi connectivity index (χ1) is 11.7. The zero-order chi connectivity index (χ0) is 17.2. The predicted molar refractivity (Wildman–Crippen MR) is 89.0 cm³/mol. The van der Waals surface area contributed by atoms with Crippen LogP contribution in [0.4, 0.5) is 8.78 Å². The summed E-state index contributed by atoms with van der Waals surface area (Å²) in [5, 5.41) is 6.07. The number of halogens is 2. The maximum atomic E-state index is 13.5. The first-order valence-electron chi connectivity index (χ1n) is 8.27. The second-order valence-corrected chi connectivity index (χ2v) is 5.65. The summed E-state index contributed by atoms with van der Waals surface area (Å²) < 4.78 is 37.7. The van der Waals surface area contributed by atoms with Gasteiger partial charge in [0.05, 0.1) is 12.7 Å². The van der Waals surface area contributed by atoms with Gasteiger partial charge < -0.3 is 20.1 Å². The summed E-state index contributed by atoms with van der Waals surface area (Å²) in [6.45, 7) is 2.97. The molecule has 1 saturated heterocycles. The fourth-order valence-corrected chi connectivity index (χ4v) is 2.45. The van der Waals surface area contributed by atoms with Gasteiger partial charge in [-0.05, 0) is 37.5 Å². The van der Waals surface area contributed by atoms with E-state index in [1.165, 1.54) is 6.07 Å². The minimum Gasteiger partial charge on any atom is -0.379 e. The van der Waals surface area contributed by atoms with Crippen LogP contribution in [0.5, 0.6) is 0 Å².